The first-order valence-electron chi connectivity index (χ1n) is 7.84. The molecule has 3 rings (SSSR count). The van der Waals surface area contributed by atoms with Crippen LogP contribution in [0.25, 0.3) is 10.9 Å². The van der Waals surface area contributed by atoms with Crippen molar-refractivity contribution in [3.8, 4) is 5.75 Å². The summed E-state index contributed by atoms with van der Waals surface area (Å²) in [5, 5.41) is 0.946. The molecular weight excluding hydrogens is 318 g/mol. The van der Waals surface area contributed by atoms with Gasteiger partial charge in [0, 0.05) is 44.5 Å². The number of pyridine rings is 2. The smallest absolute Gasteiger partial charge is 0.255 e. The highest BCUT2D eigenvalue weighted by atomic mass is 16.5. The van der Waals surface area contributed by atoms with E-state index in [2.05, 4.69) is 4.98 Å². The Bertz CT molecular complexity index is 995. The summed E-state index contributed by atoms with van der Waals surface area (Å²) in [6.45, 7) is 0.424. The van der Waals surface area contributed by atoms with Crippen LogP contribution in [0.3, 0.4) is 0 Å². The molecule has 0 bridgehead atoms. The summed E-state index contributed by atoms with van der Waals surface area (Å²) < 4.78 is 6.75. The first-order chi connectivity index (χ1) is 12.0. The maximum Gasteiger partial charge on any atom is 0.255 e. The van der Waals surface area contributed by atoms with Crippen LogP contribution >= 0.6 is 0 Å². The minimum atomic E-state index is -0.150. The Morgan fingerprint density at radius 1 is 1.24 bits per heavy atom. The molecular formula is C19H19N3O3. The zero-order chi connectivity index (χ0) is 18.0. The number of aryl methyl sites for hydroxylation is 1. The van der Waals surface area contributed by atoms with Crippen molar-refractivity contribution >= 4 is 16.8 Å². The van der Waals surface area contributed by atoms with Crippen LogP contribution in [0.4, 0.5) is 0 Å². The molecule has 0 aliphatic carbocycles. The molecule has 6 nitrogen and oxygen atoms in total. The molecule has 25 heavy (non-hydrogen) atoms. The van der Waals surface area contributed by atoms with Crippen LogP contribution in [0.1, 0.15) is 15.9 Å². The largest absolute Gasteiger partial charge is 0.494 e. The normalized spacial score (nSPS) is 10.7. The first kappa shape index (κ1) is 16.7. The number of carbonyl (C=O) groups excluding carboxylic acids is 1. The number of carbonyl (C=O) groups is 1. The third-order valence-electron chi connectivity index (χ3n) is 4.13. The number of rotatable bonds is 4. The lowest BCUT2D eigenvalue weighted by Gasteiger charge is -2.19. The number of nitrogens with zero attached hydrogens (tertiary/aromatic N) is 3. The Balaban J connectivity index is 1.91. The molecule has 0 spiro atoms. The van der Waals surface area contributed by atoms with E-state index in [-0.39, 0.29) is 11.5 Å². The van der Waals surface area contributed by atoms with E-state index in [1.54, 1.807) is 44.6 Å². The molecule has 2 heterocycles. The van der Waals surface area contributed by atoms with Crippen molar-refractivity contribution in [2.24, 2.45) is 7.05 Å². The van der Waals surface area contributed by atoms with E-state index in [4.69, 9.17) is 4.74 Å². The molecule has 0 atom stereocenters. The zero-order valence-electron chi connectivity index (χ0n) is 14.4. The van der Waals surface area contributed by atoms with Gasteiger partial charge < -0.3 is 14.2 Å². The summed E-state index contributed by atoms with van der Waals surface area (Å²) in [5.41, 5.74) is 2.07. The monoisotopic (exact) mass is 337 g/mol. The molecule has 0 N–H and O–H groups in total. The average molecular weight is 337 g/mol. The average Bonchev–Trinajstić information content (AvgIpc) is 2.63. The van der Waals surface area contributed by atoms with E-state index in [1.165, 1.54) is 10.6 Å². The van der Waals surface area contributed by atoms with Crippen molar-refractivity contribution in [1.29, 1.82) is 0 Å². The molecule has 0 aliphatic heterocycles. The van der Waals surface area contributed by atoms with Crippen molar-refractivity contribution in [1.82, 2.24) is 14.5 Å². The predicted octanol–water partition coefficient (Wildman–Crippen LogP) is 2.21. The highest BCUT2D eigenvalue weighted by Crippen LogP contribution is 2.27. The van der Waals surface area contributed by atoms with Crippen LogP contribution < -0.4 is 10.3 Å². The van der Waals surface area contributed by atoms with Gasteiger partial charge in [-0.15, -0.1) is 0 Å². The predicted molar refractivity (Wildman–Crippen MR) is 95.8 cm³/mol. The second-order valence-corrected chi connectivity index (χ2v) is 5.85. The van der Waals surface area contributed by atoms with Crippen molar-refractivity contribution in [2.75, 3.05) is 14.2 Å². The second kappa shape index (κ2) is 6.76. The van der Waals surface area contributed by atoms with Gasteiger partial charge >= 0.3 is 0 Å². The Labute approximate surface area is 145 Å². The Morgan fingerprint density at radius 3 is 2.76 bits per heavy atom. The topological polar surface area (TPSA) is 64.4 Å². The van der Waals surface area contributed by atoms with E-state index in [1.807, 2.05) is 24.3 Å². The molecule has 3 aromatic rings. The summed E-state index contributed by atoms with van der Waals surface area (Å²) >= 11 is 0. The lowest BCUT2D eigenvalue weighted by molar-refractivity contribution is 0.0784. The van der Waals surface area contributed by atoms with Crippen LogP contribution in [0, 0.1) is 0 Å². The zero-order valence-corrected chi connectivity index (χ0v) is 14.4. The van der Waals surface area contributed by atoms with Crippen LogP contribution in [0.15, 0.2) is 53.6 Å². The van der Waals surface area contributed by atoms with E-state index in [0.29, 0.717) is 17.9 Å². The van der Waals surface area contributed by atoms with Crippen LogP contribution in [-0.4, -0.2) is 34.5 Å². The van der Waals surface area contributed by atoms with Gasteiger partial charge in [-0.05, 0) is 23.8 Å². The lowest BCUT2D eigenvalue weighted by atomic mass is 10.1. The van der Waals surface area contributed by atoms with Gasteiger partial charge in [-0.2, -0.15) is 0 Å². The molecule has 1 amide bonds. The van der Waals surface area contributed by atoms with E-state index in [0.717, 1.165) is 16.5 Å². The minimum Gasteiger partial charge on any atom is -0.494 e. The van der Waals surface area contributed by atoms with Gasteiger partial charge in [0.05, 0.1) is 12.7 Å². The minimum absolute atomic E-state index is 0.147. The molecule has 6 heteroatoms. The van der Waals surface area contributed by atoms with Crippen LogP contribution in [-0.2, 0) is 13.6 Å². The van der Waals surface area contributed by atoms with Gasteiger partial charge in [-0.1, -0.05) is 12.1 Å². The maximum absolute atomic E-state index is 12.6. The van der Waals surface area contributed by atoms with Gasteiger partial charge in [0.2, 0.25) is 5.56 Å². The van der Waals surface area contributed by atoms with Crippen LogP contribution in [0.2, 0.25) is 0 Å². The summed E-state index contributed by atoms with van der Waals surface area (Å²) in [6, 6.07) is 10.6. The Hall–Kier alpha value is -3.15. The lowest BCUT2D eigenvalue weighted by Crippen LogP contribution is -2.28. The summed E-state index contributed by atoms with van der Waals surface area (Å²) in [5.74, 6) is 0.551. The summed E-state index contributed by atoms with van der Waals surface area (Å²) in [4.78, 5) is 30.1. The van der Waals surface area contributed by atoms with Gasteiger partial charge in [0.25, 0.3) is 5.91 Å². The molecule has 0 radical (unpaired) electrons. The molecule has 128 valence electrons. The SMILES string of the molecule is COc1ccc(CN(C)C(=O)c2ccc(=O)n(C)c2)c2cccnc12. The quantitative estimate of drug-likeness (QED) is 0.732. The number of ether oxygens (including phenoxy) is 1. The van der Waals surface area contributed by atoms with Crippen molar-refractivity contribution in [3.63, 3.8) is 0 Å². The Morgan fingerprint density at radius 2 is 2.04 bits per heavy atom. The highest BCUT2D eigenvalue weighted by molar-refractivity contribution is 5.94. The van der Waals surface area contributed by atoms with Crippen LogP contribution in [0.5, 0.6) is 5.75 Å². The number of hydrogen-bond donors (Lipinski definition) is 0. The van der Waals surface area contributed by atoms with Crippen molar-refractivity contribution in [2.45, 2.75) is 6.54 Å². The number of hydrogen-bond acceptors (Lipinski definition) is 4. The fraction of sp³-hybridized carbons (Fsp3) is 0.211. The summed E-state index contributed by atoms with van der Waals surface area (Å²) in [6.07, 6.45) is 3.27. The van der Waals surface area contributed by atoms with Crippen molar-refractivity contribution in [3.05, 3.63) is 70.3 Å². The maximum atomic E-state index is 12.6. The van der Waals surface area contributed by atoms with E-state index >= 15 is 0 Å². The number of aromatic nitrogens is 2. The third kappa shape index (κ3) is 3.24. The van der Waals surface area contributed by atoms with Gasteiger partial charge in [-0.25, -0.2) is 0 Å². The standard InChI is InChI=1S/C19H19N3O3/c1-21-12-14(7-9-17(21)23)19(24)22(2)11-13-6-8-16(25-3)18-15(13)5-4-10-20-18/h4-10,12H,11H2,1-3H3. The molecule has 2 aromatic heterocycles. The molecule has 1 aromatic carbocycles. The number of methoxy groups -OCH3 is 1. The highest BCUT2D eigenvalue weighted by Gasteiger charge is 2.15. The number of benzene rings is 1. The third-order valence-corrected chi connectivity index (χ3v) is 4.13. The Kier molecular flexibility index (Phi) is 4.52. The first-order valence-corrected chi connectivity index (χ1v) is 7.84. The molecule has 0 unspecified atom stereocenters. The fourth-order valence-electron chi connectivity index (χ4n) is 2.78. The second-order valence-electron chi connectivity index (χ2n) is 5.85. The molecule has 0 aliphatic rings. The summed E-state index contributed by atoms with van der Waals surface area (Å²) in [7, 11) is 4.97. The number of amides is 1. The molecule has 0 saturated carbocycles. The van der Waals surface area contributed by atoms with E-state index in [9.17, 15) is 9.59 Å². The fourth-order valence-corrected chi connectivity index (χ4v) is 2.78. The number of fused-ring (bicyclic) bond motifs is 1. The van der Waals surface area contributed by atoms with E-state index < -0.39 is 0 Å². The van der Waals surface area contributed by atoms with Crippen molar-refractivity contribution < 1.29 is 9.53 Å². The van der Waals surface area contributed by atoms with Gasteiger partial charge in [0.15, 0.2) is 0 Å². The van der Waals surface area contributed by atoms with Gasteiger partial charge in [-0.3, -0.25) is 14.6 Å². The molecule has 0 fully saturated rings. The molecule has 0 saturated heterocycles. The van der Waals surface area contributed by atoms with Gasteiger partial charge in [0.1, 0.15) is 11.3 Å².